The second-order valence-electron chi connectivity index (χ2n) is 5.87. The first-order valence-corrected chi connectivity index (χ1v) is 7.62. The van der Waals surface area contributed by atoms with Crippen molar-refractivity contribution >= 4 is 5.91 Å². The van der Waals surface area contributed by atoms with Crippen LogP contribution in [0.15, 0.2) is 12.4 Å². The minimum atomic E-state index is -0.842. The quantitative estimate of drug-likeness (QED) is 0.693. The molecule has 7 heteroatoms. The molecule has 1 saturated heterocycles. The third-order valence-corrected chi connectivity index (χ3v) is 4.05. The molecule has 0 aromatic carbocycles. The normalized spacial score (nSPS) is 24.1. The third-order valence-electron chi connectivity index (χ3n) is 4.05. The van der Waals surface area contributed by atoms with Gasteiger partial charge in [0.15, 0.2) is 0 Å². The van der Waals surface area contributed by atoms with Crippen LogP contribution in [-0.2, 0) is 11.3 Å². The number of amides is 1. The molecule has 1 aliphatic rings. The maximum Gasteiger partial charge on any atom is 0.237 e. The number of carbonyl (C=O) groups excluding carboxylic acids is 1. The predicted octanol–water partition coefficient (Wildman–Crippen LogP) is 0.0197. The fraction of sp³-hybridized carbons (Fsp3) is 0.786. The molecule has 2 unspecified atom stereocenters. The molecule has 21 heavy (non-hydrogen) atoms. The number of aliphatic hydroxyl groups is 1. The highest BCUT2D eigenvalue weighted by Gasteiger charge is 2.39. The van der Waals surface area contributed by atoms with Gasteiger partial charge in [0, 0.05) is 25.8 Å². The Morgan fingerprint density at radius 1 is 1.57 bits per heavy atom. The van der Waals surface area contributed by atoms with Crippen LogP contribution in [0.2, 0.25) is 0 Å². The van der Waals surface area contributed by atoms with Crippen LogP contribution in [0.1, 0.15) is 33.1 Å². The van der Waals surface area contributed by atoms with Gasteiger partial charge in [-0.3, -0.25) is 9.69 Å². The van der Waals surface area contributed by atoms with E-state index in [1.165, 1.54) is 0 Å². The van der Waals surface area contributed by atoms with Crippen LogP contribution in [0.25, 0.3) is 0 Å². The first-order chi connectivity index (χ1) is 10.0. The Kier molecular flexibility index (Phi) is 5.30. The number of hydrogen-bond donors (Lipinski definition) is 2. The van der Waals surface area contributed by atoms with Gasteiger partial charge in [-0.15, -0.1) is 5.10 Å². The fourth-order valence-corrected chi connectivity index (χ4v) is 2.67. The molecular formula is C14H25N5O2. The average Bonchev–Trinajstić information content (AvgIpc) is 3.08. The summed E-state index contributed by atoms with van der Waals surface area (Å²) in [6.07, 6.45) is 6.03. The van der Waals surface area contributed by atoms with E-state index >= 15 is 0 Å². The van der Waals surface area contributed by atoms with E-state index in [1.54, 1.807) is 17.1 Å². The van der Waals surface area contributed by atoms with Crippen LogP contribution in [0.3, 0.4) is 0 Å². The lowest BCUT2D eigenvalue weighted by atomic mass is 10.0. The molecule has 2 heterocycles. The van der Waals surface area contributed by atoms with Gasteiger partial charge >= 0.3 is 0 Å². The van der Waals surface area contributed by atoms with Crippen LogP contribution in [0.5, 0.6) is 0 Å². The van der Waals surface area contributed by atoms with Gasteiger partial charge in [0.2, 0.25) is 5.91 Å². The first kappa shape index (κ1) is 15.9. The topological polar surface area (TPSA) is 83.3 Å². The zero-order chi connectivity index (χ0) is 15.3. The van der Waals surface area contributed by atoms with E-state index in [0.717, 1.165) is 19.4 Å². The van der Waals surface area contributed by atoms with Crippen molar-refractivity contribution in [1.29, 1.82) is 0 Å². The van der Waals surface area contributed by atoms with Crippen molar-refractivity contribution in [2.75, 3.05) is 19.6 Å². The Morgan fingerprint density at radius 2 is 2.38 bits per heavy atom. The zero-order valence-electron chi connectivity index (χ0n) is 12.8. The summed E-state index contributed by atoms with van der Waals surface area (Å²) in [5.41, 5.74) is -0.842. The number of hydrogen-bond acceptors (Lipinski definition) is 5. The van der Waals surface area contributed by atoms with Crippen molar-refractivity contribution in [2.24, 2.45) is 0 Å². The lowest BCUT2D eigenvalue weighted by Gasteiger charge is -2.26. The standard InChI is InChI=1S/C14H25N5O2/c1-3-4-6-15-13(20)12(2)18-8-5-14(21,10-18)11-19-9-7-16-17-19/h7,9,12,21H,3-6,8,10-11H2,1-2H3,(H,15,20). The average molecular weight is 295 g/mol. The third kappa shape index (κ3) is 4.25. The number of unbranched alkanes of at least 4 members (excludes halogenated alkanes) is 1. The smallest absolute Gasteiger partial charge is 0.237 e. The number of aromatic nitrogens is 3. The molecule has 118 valence electrons. The fourth-order valence-electron chi connectivity index (χ4n) is 2.67. The lowest BCUT2D eigenvalue weighted by molar-refractivity contribution is -0.125. The molecule has 1 aromatic heterocycles. The number of nitrogens with zero attached hydrogens (tertiary/aromatic N) is 4. The van der Waals surface area contributed by atoms with Crippen LogP contribution in [0.4, 0.5) is 0 Å². The minimum Gasteiger partial charge on any atom is -0.387 e. The SMILES string of the molecule is CCCCNC(=O)C(C)N1CCC(O)(Cn2ccnn2)C1. The highest BCUT2D eigenvalue weighted by Crippen LogP contribution is 2.24. The van der Waals surface area contributed by atoms with Crippen LogP contribution < -0.4 is 5.32 Å². The zero-order valence-corrected chi connectivity index (χ0v) is 12.8. The van der Waals surface area contributed by atoms with Gasteiger partial charge in [-0.1, -0.05) is 18.6 Å². The summed E-state index contributed by atoms with van der Waals surface area (Å²) in [4.78, 5) is 14.1. The second-order valence-corrected chi connectivity index (χ2v) is 5.87. The maximum atomic E-state index is 12.1. The number of β-amino-alcohol motifs (C(OH)–C–C–N with tert-alkyl or cyclic N) is 1. The lowest BCUT2D eigenvalue weighted by Crippen LogP contribution is -2.46. The highest BCUT2D eigenvalue weighted by molar-refractivity contribution is 5.81. The summed E-state index contributed by atoms with van der Waals surface area (Å²) < 4.78 is 1.63. The molecule has 1 amide bonds. The minimum absolute atomic E-state index is 0.0356. The van der Waals surface area contributed by atoms with E-state index in [2.05, 4.69) is 22.6 Å². The van der Waals surface area contributed by atoms with Gasteiger partial charge < -0.3 is 10.4 Å². The van der Waals surface area contributed by atoms with E-state index in [0.29, 0.717) is 26.1 Å². The van der Waals surface area contributed by atoms with Crippen LogP contribution in [-0.4, -0.2) is 62.2 Å². The molecule has 1 aromatic rings. The molecule has 7 nitrogen and oxygen atoms in total. The number of likely N-dealkylation sites (tertiary alicyclic amines) is 1. The summed E-state index contributed by atoms with van der Waals surface area (Å²) >= 11 is 0. The summed E-state index contributed by atoms with van der Waals surface area (Å²) in [6, 6.07) is -0.216. The van der Waals surface area contributed by atoms with Gasteiger partial charge in [-0.05, 0) is 19.8 Å². The van der Waals surface area contributed by atoms with E-state index in [1.807, 2.05) is 11.8 Å². The molecule has 2 N–H and O–H groups in total. The van der Waals surface area contributed by atoms with Gasteiger partial charge in [0.05, 0.1) is 24.4 Å². The molecule has 0 spiro atoms. The van der Waals surface area contributed by atoms with E-state index < -0.39 is 5.60 Å². The van der Waals surface area contributed by atoms with Crippen LogP contribution >= 0.6 is 0 Å². The van der Waals surface area contributed by atoms with Crippen LogP contribution in [0, 0.1) is 0 Å². The van der Waals surface area contributed by atoms with Crippen molar-refractivity contribution in [3.8, 4) is 0 Å². The second kappa shape index (κ2) is 7.00. The summed E-state index contributed by atoms with van der Waals surface area (Å²) in [5, 5.41) is 21.2. The van der Waals surface area contributed by atoms with Crippen molar-refractivity contribution in [2.45, 2.75) is 51.3 Å². The van der Waals surface area contributed by atoms with Gasteiger partial charge in [-0.2, -0.15) is 0 Å². The first-order valence-electron chi connectivity index (χ1n) is 7.62. The molecule has 0 bridgehead atoms. The summed E-state index contributed by atoms with van der Waals surface area (Å²) in [6.45, 7) is 6.32. The number of carbonyl (C=O) groups is 1. The highest BCUT2D eigenvalue weighted by atomic mass is 16.3. The molecule has 0 radical (unpaired) electrons. The number of nitrogens with one attached hydrogen (secondary N) is 1. The monoisotopic (exact) mass is 295 g/mol. The van der Waals surface area contributed by atoms with Crippen molar-refractivity contribution < 1.29 is 9.90 Å². The van der Waals surface area contributed by atoms with E-state index in [9.17, 15) is 9.90 Å². The Hall–Kier alpha value is -1.47. The molecule has 1 aliphatic heterocycles. The molecule has 0 saturated carbocycles. The van der Waals surface area contributed by atoms with Crippen molar-refractivity contribution in [3.05, 3.63) is 12.4 Å². The van der Waals surface area contributed by atoms with Gasteiger partial charge in [-0.25, -0.2) is 4.68 Å². The van der Waals surface area contributed by atoms with E-state index in [4.69, 9.17) is 0 Å². The summed E-state index contributed by atoms with van der Waals surface area (Å²) in [7, 11) is 0. The maximum absolute atomic E-state index is 12.1. The van der Waals surface area contributed by atoms with Gasteiger partial charge in [0.1, 0.15) is 0 Å². The Balaban J connectivity index is 1.84. The van der Waals surface area contributed by atoms with Crippen molar-refractivity contribution in [1.82, 2.24) is 25.2 Å². The molecule has 2 rings (SSSR count). The summed E-state index contributed by atoms with van der Waals surface area (Å²) in [5.74, 6) is 0.0356. The Labute approximate surface area is 125 Å². The molecular weight excluding hydrogens is 270 g/mol. The number of rotatable bonds is 7. The molecule has 0 aliphatic carbocycles. The molecule has 2 atom stereocenters. The Morgan fingerprint density at radius 3 is 3.05 bits per heavy atom. The van der Waals surface area contributed by atoms with Gasteiger partial charge in [0.25, 0.3) is 0 Å². The molecule has 1 fully saturated rings. The predicted molar refractivity (Wildman–Crippen MR) is 78.5 cm³/mol. The van der Waals surface area contributed by atoms with E-state index in [-0.39, 0.29) is 11.9 Å². The largest absolute Gasteiger partial charge is 0.387 e. The van der Waals surface area contributed by atoms with Crippen molar-refractivity contribution in [3.63, 3.8) is 0 Å². The Bertz CT molecular complexity index is 450.